The Bertz CT molecular complexity index is 286. The van der Waals surface area contributed by atoms with Gasteiger partial charge in [-0.1, -0.05) is 0 Å². The van der Waals surface area contributed by atoms with E-state index in [1.807, 2.05) is 0 Å². The molecule has 0 aromatic rings. The Morgan fingerprint density at radius 3 is 2.22 bits per heavy atom. The number of carboxylic acid groups (broad SMARTS) is 1. The maximum absolute atomic E-state index is 10.7. The summed E-state index contributed by atoms with van der Waals surface area (Å²) in [5.41, 5.74) is 0. The Kier molecular flexibility index (Phi) is 5.41. The van der Waals surface area contributed by atoms with Crippen LogP contribution < -0.4 is 5.32 Å². The van der Waals surface area contributed by atoms with Gasteiger partial charge in [-0.15, -0.1) is 0 Å². The van der Waals surface area contributed by atoms with Gasteiger partial charge >= 0.3 is 5.97 Å². The van der Waals surface area contributed by atoms with Gasteiger partial charge in [0, 0.05) is 0 Å². The molecule has 0 saturated carbocycles. The molecule has 0 amide bonds. The molecule has 106 valence electrons. The standard InChI is InChI=1S/C9H17NO8/c11-1-3(9(16)17)10-8-7(15)6(14)5(13)4(2-12)18-8/h3-8,10-15H,1-2H2,(H,16,17)/t3-,4+,5-,6-,7+,8+/m0/s1. The number of nitrogens with one attached hydrogen (secondary N) is 1. The first-order valence-corrected chi connectivity index (χ1v) is 5.32. The minimum atomic E-state index is -1.60. The molecule has 1 saturated heterocycles. The van der Waals surface area contributed by atoms with Crippen LogP contribution in [0.15, 0.2) is 0 Å². The average Bonchev–Trinajstić information content (AvgIpc) is 2.35. The van der Waals surface area contributed by atoms with Gasteiger partial charge in [0.25, 0.3) is 0 Å². The first-order valence-electron chi connectivity index (χ1n) is 5.32. The molecule has 0 bridgehead atoms. The molecule has 1 aliphatic rings. The smallest absolute Gasteiger partial charge is 0.323 e. The molecule has 0 unspecified atom stereocenters. The van der Waals surface area contributed by atoms with Crippen molar-refractivity contribution in [2.45, 2.75) is 36.7 Å². The van der Waals surface area contributed by atoms with Gasteiger partial charge in [-0.25, -0.2) is 0 Å². The molecule has 1 aliphatic heterocycles. The van der Waals surface area contributed by atoms with Crippen molar-refractivity contribution in [3.05, 3.63) is 0 Å². The molecule has 18 heavy (non-hydrogen) atoms. The summed E-state index contributed by atoms with van der Waals surface area (Å²) >= 11 is 0. The summed E-state index contributed by atoms with van der Waals surface area (Å²) in [4.78, 5) is 10.7. The molecule has 1 heterocycles. The molecule has 0 aromatic carbocycles. The summed E-state index contributed by atoms with van der Waals surface area (Å²) in [6.07, 6.45) is -7.15. The Labute approximate surface area is 102 Å². The van der Waals surface area contributed by atoms with E-state index in [1.54, 1.807) is 0 Å². The minimum absolute atomic E-state index is 0.611. The van der Waals surface area contributed by atoms with Crippen LogP contribution in [-0.2, 0) is 9.53 Å². The monoisotopic (exact) mass is 267 g/mol. The summed E-state index contributed by atoms with van der Waals surface area (Å²) in [6.45, 7) is -1.36. The third-order valence-electron chi connectivity index (χ3n) is 2.74. The zero-order chi connectivity index (χ0) is 13.9. The number of ether oxygens (including phenoxy) is 1. The van der Waals surface area contributed by atoms with Gasteiger partial charge in [-0.2, -0.15) is 0 Å². The quantitative estimate of drug-likeness (QED) is 0.262. The van der Waals surface area contributed by atoms with Crippen molar-refractivity contribution in [2.75, 3.05) is 13.2 Å². The van der Waals surface area contributed by atoms with Crippen LogP contribution in [0.3, 0.4) is 0 Å². The second kappa shape index (κ2) is 6.38. The van der Waals surface area contributed by atoms with Crippen LogP contribution in [0.5, 0.6) is 0 Å². The van der Waals surface area contributed by atoms with E-state index in [4.69, 9.17) is 20.1 Å². The van der Waals surface area contributed by atoms with E-state index in [1.165, 1.54) is 0 Å². The van der Waals surface area contributed by atoms with Crippen molar-refractivity contribution in [3.8, 4) is 0 Å². The molecule has 0 radical (unpaired) electrons. The Morgan fingerprint density at radius 1 is 1.17 bits per heavy atom. The van der Waals surface area contributed by atoms with E-state index in [-0.39, 0.29) is 0 Å². The maximum Gasteiger partial charge on any atom is 0.323 e. The average molecular weight is 267 g/mol. The number of hydrogen-bond donors (Lipinski definition) is 7. The predicted octanol–water partition coefficient (Wildman–Crippen LogP) is -4.18. The molecule has 0 aliphatic carbocycles. The van der Waals surface area contributed by atoms with Crippen molar-refractivity contribution >= 4 is 5.97 Å². The number of hydrogen-bond acceptors (Lipinski definition) is 8. The van der Waals surface area contributed by atoms with Gasteiger partial charge in [0.05, 0.1) is 13.2 Å². The van der Waals surface area contributed by atoms with Gasteiger partial charge in [0.15, 0.2) is 0 Å². The van der Waals surface area contributed by atoms with Crippen LogP contribution in [0.4, 0.5) is 0 Å². The summed E-state index contributed by atoms with van der Waals surface area (Å²) in [6, 6.07) is -1.40. The van der Waals surface area contributed by atoms with Crippen molar-refractivity contribution in [1.82, 2.24) is 5.32 Å². The lowest BCUT2D eigenvalue weighted by Gasteiger charge is -2.40. The highest BCUT2D eigenvalue weighted by Crippen LogP contribution is 2.19. The molecular weight excluding hydrogens is 250 g/mol. The molecular formula is C9H17NO8. The van der Waals surface area contributed by atoms with E-state index in [9.17, 15) is 20.1 Å². The normalized spacial score (nSPS) is 38.4. The van der Waals surface area contributed by atoms with Crippen LogP contribution in [0.1, 0.15) is 0 Å². The lowest BCUT2D eigenvalue weighted by Crippen LogP contribution is -2.64. The number of carbonyl (C=O) groups is 1. The SMILES string of the molecule is O=C(O)[C@H](CO)N[C@@H]1O[C@H](CO)[C@H](O)[C@H](O)[C@H]1O. The molecule has 1 fully saturated rings. The number of rotatable bonds is 5. The highest BCUT2D eigenvalue weighted by molar-refractivity contribution is 5.73. The summed E-state index contributed by atoms with van der Waals surface area (Å²) < 4.78 is 5.02. The highest BCUT2D eigenvalue weighted by atomic mass is 16.6. The second-order valence-electron chi connectivity index (χ2n) is 3.99. The third-order valence-corrected chi connectivity index (χ3v) is 2.74. The van der Waals surface area contributed by atoms with Crippen LogP contribution >= 0.6 is 0 Å². The van der Waals surface area contributed by atoms with Crippen LogP contribution in [0.2, 0.25) is 0 Å². The number of aliphatic carboxylic acids is 1. The zero-order valence-corrected chi connectivity index (χ0v) is 9.38. The zero-order valence-electron chi connectivity index (χ0n) is 9.38. The summed E-state index contributed by atoms with van der Waals surface area (Å²) in [5, 5.41) is 57.2. The van der Waals surface area contributed by atoms with Gasteiger partial charge in [0.2, 0.25) is 0 Å². The van der Waals surface area contributed by atoms with Crippen LogP contribution in [0.25, 0.3) is 0 Å². The van der Waals surface area contributed by atoms with Crippen molar-refractivity contribution in [2.24, 2.45) is 0 Å². The largest absolute Gasteiger partial charge is 0.480 e. The van der Waals surface area contributed by atoms with E-state index in [0.717, 1.165) is 0 Å². The molecule has 9 heteroatoms. The lowest BCUT2D eigenvalue weighted by atomic mass is 9.98. The van der Waals surface area contributed by atoms with Gasteiger partial charge < -0.3 is 35.4 Å². The maximum atomic E-state index is 10.7. The molecule has 0 spiro atoms. The summed E-state index contributed by atoms with van der Waals surface area (Å²) in [5.74, 6) is -1.37. The predicted molar refractivity (Wildman–Crippen MR) is 55.4 cm³/mol. The molecule has 1 rings (SSSR count). The van der Waals surface area contributed by atoms with Crippen LogP contribution in [-0.4, -0.2) is 86.5 Å². The van der Waals surface area contributed by atoms with Crippen LogP contribution in [0, 0.1) is 0 Å². The number of carboxylic acids is 1. The molecule has 0 aromatic heterocycles. The summed E-state index contributed by atoms with van der Waals surface area (Å²) in [7, 11) is 0. The van der Waals surface area contributed by atoms with E-state index < -0.39 is 55.9 Å². The van der Waals surface area contributed by atoms with Gasteiger partial charge in [-0.05, 0) is 0 Å². The van der Waals surface area contributed by atoms with Crippen molar-refractivity contribution in [1.29, 1.82) is 0 Å². The Hall–Kier alpha value is -0.810. The fourth-order valence-electron chi connectivity index (χ4n) is 1.64. The second-order valence-corrected chi connectivity index (χ2v) is 3.99. The molecule has 6 atom stereocenters. The molecule has 7 N–H and O–H groups in total. The Balaban J connectivity index is 2.72. The highest BCUT2D eigenvalue weighted by Gasteiger charge is 2.44. The van der Waals surface area contributed by atoms with Gasteiger partial charge in [-0.3, -0.25) is 10.1 Å². The fraction of sp³-hybridized carbons (Fsp3) is 0.889. The van der Waals surface area contributed by atoms with E-state index in [0.29, 0.717) is 0 Å². The first kappa shape index (κ1) is 15.2. The van der Waals surface area contributed by atoms with Crippen molar-refractivity contribution < 1.29 is 40.2 Å². The lowest BCUT2D eigenvalue weighted by molar-refractivity contribution is -0.239. The number of aliphatic hydroxyl groups is 5. The Morgan fingerprint density at radius 2 is 1.78 bits per heavy atom. The number of aliphatic hydroxyl groups excluding tert-OH is 5. The van der Waals surface area contributed by atoms with Crippen molar-refractivity contribution in [3.63, 3.8) is 0 Å². The third kappa shape index (κ3) is 3.14. The topological polar surface area (TPSA) is 160 Å². The fourth-order valence-corrected chi connectivity index (χ4v) is 1.64. The molecule has 9 nitrogen and oxygen atoms in total. The van der Waals surface area contributed by atoms with E-state index in [2.05, 4.69) is 5.32 Å². The first-order chi connectivity index (χ1) is 8.42. The van der Waals surface area contributed by atoms with E-state index >= 15 is 0 Å². The minimum Gasteiger partial charge on any atom is -0.480 e. The van der Waals surface area contributed by atoms with Gasteiger partial charge in [0.1, 0.15) is 36.7 Å².